The highest BCUT2D eigenvalue weighted by molar-refractivity contribution is 5.67. The molecule has 19 heavy (non-hydrogen) atoms. The number of nitrogens with one attached hydrogen (secondary N) is 1. The van der Waals surface area contributed by atoms with E-state index in [1.807, 2.05) is 20.9 Å². The van der Waals surface area contributed by atoms with Gasteiger partial charge in [0.1, 0.15) is 0 Å². The highest BCUT2D eigenvalue weighted by Crippen LogP contribution is 2.38. The molecule has 0 radical (unpaired) electrons. The van der Waals surface area contributed by atoms with E-state index in [0.717, 1.165) is 0 Å². The number of carboxylic acids is 1. The first-order chi connectivity index (χ1) is 8.70. The summed E-state index contributed by atoms with van der Waals surface area (Å²) in [5, 5.41) is 12.4. The molecule has 0 aliphatic carbocycles. The number of aryl methyl sites for hydroxylation is 1. The summed E-state index contributed by atoms with van der Waals surface area (Å²) < 4.78 is 0. The predicted molar refractivity (Wildman–Crippen MR) is 78.5 cm³/mol. The fourth-order valence-corrected chi connectivity index (χ4v) is 2.75. The molecule has 1 atom stereocenters. The minimum atomic E-state index is -0.758. The van der Waals surface area contributed by atoms with Crippen molar-refractivity contribution in [2.75, 3.05) is 7.05 Å². The first-order valence-electron chi connectivity index (χ1n) is 6.66. The number of hydrogen-bond acceptors (Lipinski definition) is 2. The van der Waals surface area contributed by atoms with Crippen molar-refractivity contribution < 1.29 is 9.90 Å². The van der Waals surface area contributed by atoms with Crippen molar-refractivity contribution in [3.63, 3.8) is 0 Å². The fourth-order valence-electron chi connectivity index (χ4n) is 2.75. The van der Waals surface area contributed by atoms with Gasteiger partial charge in [0, 0.05) is 6.04 Å². The van der Waals surface area contributed by atoms with Gasteiger partial charge in [0.15, 0.2) is 0 Å². The monoisotopic (exact) mass is 263 g/mol. The lowest BCUT2D eigenvalue weighted by molar-refractivity contribution is -0.139. The average Bonchev–Trinajstić information content (AvgIpc) is 2.28. The van der Waals surface area contributed by atoms with Crippen LogP contribution in [0.1, 0.15) is 48.6 Å². The van der Waals surface area contributed by atoms with E-state index >= 15 is 0 Å². The highest BCUT2D eigenvalue weighted by Gasteiger charge is 2.33. The van der Waals surface area contributed by atoms with Crippen LogP contribution in [-0.4, -0.2) is 18.1 Å². The van der Waals surface area contributed by atoms with Crippen LogP contribution in [0.15, 0.2) is 12.1 Å². The molecule has 0 heterocycles. The molecule has 1 unspecified atom stereocenters. The van der Waals surface area contributed by atoms with Gasteiger partial charge in [0.25, 0.3) is 0 Å². The predicted octanol–water partition coefficient (Wildman–Crippen LogP) is 3.37. The minimum Gasteiger partial charge on any atom is -0.481 e. The maximum atomic E-state index is 11.0. The normalized spacial score (nSPS) is 13.4. The molecule has 3 heteroatoms. The van der Waals surface area contributed by atoms with Crippen molar-refractivity contribution in [3.05, 3.63) is 34.4 Å². The van der Waals surface area contributed by atoms with E-state index in [1.54, 1.807) is 0 Å². The Kier molecular flexibility index (Phi) is 4.75. The maximum absolute atomic E-state index is 11.0. The maximum Gasteiger partial charge on any atom is 0.303 e. The van der Waals surface area contributed by atoms with Gasteiger partial charge in [-0.05, 0) is 55.5 Å². The Labute approximate surface area is 116 Å². The van der Waals surface area contributed by atoms with Crippen molar-refractivity contribution in [3.8, 4) is 0 Å². The zero-order valence-electron chi connectivity index (χ0n) is 12.8. The number of aliphatic carboxylic acids is 1. The van der Waals surface area contributed by atoms with E-state index in [-0.39, 0.29) is 17.9 Å². The molecule has 2 N–H and O–H groups in total. The Balaban J connectivity index is 3.24. The Hall–Kier alpha value is -1.35. The van der Waals surface area contributed by atoms with Gasteiger partial charge in [-0.2, -0.15) is 0 Å². The van der Waals surface area contributed by atoms with Gasteiger partial charge in [-0.25, -0.2) is 0 Å². The van der Waals surface area contributed by atoms with Gasteiger partial charge in [-0.1, -0.05) is 26.0 Å². The van der Waals surface area contributed by atoms with E-state index in [9.17, 15) is 4.79 Å². The van der Waals surface area contributed by atoms with Gasteiger partial charge in [-0.15, -0.1) is 0 Å². The molecule has 1 rings (SSSR count). The standard InChI is InChI=1S/C16H25NO2/c1-10-7-8-13(12(3)11(10)2)15(17-6)16(4,5)9-14(18)19/h7-8,15,17H,9H2,1-6H3,(H,18,19). The SMILES string of the molecule is CNC(c1ccc(C)c(C)c1C)C(C)(C)CC(=O)O. The van der Waals surface area contributed by atoms with Crippen LogP contribution in [0, 0.1) is 26.2 Å². The molecule has 0 amide bonds. The van der Waals surface area contributed by atoms with Crippen LogP contribution in [0.25, 0.3) is 0 Å². The minimum absolute atomic E-state index is 0.0305. The second-order valence-electron chi connectivity index (χ2n) is 6.00. The largest absolute Gasteiger partial charge is 0.481 e. The molecule has 0 aromatic heterocycles. The molecular formula is C16H25NO2. The molecule has 0 aliphatic heterocycles. The Morgan fingerprint density at radius 2 is 1.84 bits per heavy atom. The van der Waals surface area contributed by atoms with Gasteiger partial charge < -0.3 is 10.4 Å². The third-order valence-electron chi connectivity index (χ3n) is 4.09. The summed E-state index contributed by atoms with van der Waals surface area (Å²) in [6.45, 7) is 10.3. The van der Waals surface area contributed by atoms with Crippen LogP contribution in [-0.2, 0) is 4.79 Å². The molecular weight excluding hydrogens is 238 g/mol. The van der Waals surface area contributed by atoms with E-state index < -0.39 is 5.97 Å². The van der Waals surface area contributed by atoms with Crippen molar-refractivity contribution in [1.29, 1.82) is 0 Å². The summed E-state index contributed by atoms with van der Waals surface area (Å²) in [4.78, 5) is 11.0. The van der Waals surface area contributed by atoms with Gasteiger partial charge in [0.2, 0.25) is 0 Å². The molecule has 0 saturated carbocycles. The van der Waals surface area contributed by atoms with Crippen LogP contribution < -0.4 is 5.32 Å². The third-order valence-corrected chi connectivity index (χ3v) is 4.09. The first-order valence-corrected chi connectivity index (χ1v) is 6.66. The van der Waals surface area contributed by atoms with Crippen LogP contribution in [0.3, 0.4) is 0 Å². The Bertz CT molecular complexity index is 478. The summed E-state index contributed by atoms with van der Waals surface area (Å²) >= 11 is 0. The van der Waals surface area contributed by atoms with Crippen molar-refractivity contribution >= 4 is 5.97 Å². The van der Waals surface area contributed by atoms with Gasteiger partial charge >= 0.3 is 5.97 Å². The Morgan fingerprint density at radius 1 is 1.26 bits per heavy atom. The molecule has 1 aromatic rings. The highest BCUT2D eigenvalue weighted by atomic mass is 16.4. The zero-order valence-corrected chi connectivity index (χ0v) is 12.8. The lowest BCUT2D eigenvalue weighted by Crippen LogP contribution is -2.34. The number of carboxylic acid groups (broad SMARTS) is 1. The summed E-state index contributed by atoms with van der Waals surface area (Å²) in [6, 6.07) is 4.25. The quantitative estimate of drug-likeness (QED) is 0.856. The average molecular weight is 263 g/mol. The van der Waals surface area contributed by atoms with Gasteiger partial charge in [0.05, 0.1) is 6.42 Å². The number of benzene rings is 1. The Morgan fingerprint density at radius 3 is 2.32 bits per heavy atom. The van der Waals surface area contributed by atoms with Crippen LogP contribution in [0.4, 0.5) is 0 Å². The second-order valence-corrected chi connectivity index (χ2v) is 6.00. The molecule has 0 spiro atoms. The van der Waals surface area contributed by atoms with E-state index in [2.05, 4.69) is 38.2 Å². The van der Waals surface area contributed by atoms with Crippen LogP contribution in [0.5, 0.6) is 0 Å². The summed E-state index contributed by atoms with van der Waals surface area (Å²) in [5.41, 5.74) is 4.65. The molecule has 0 fully saturated rings. The topological polar surface area (TPSA) is 49.3 Å². The van der Waals surface area contributed by atoms with Crippen LogP contribution >= 0.6 is 0 Å². The third kappa shape index (κ3) is 3.35. The molecule has 0 saturated heterocycles. The smallest absolute Gasteiger partial charge is 0.303 e. The second kappa shape index (κ2) is 5.74. The van der Waals surface area contributed by atoms with Crippen molar-refractivity contribution in [2.45, 2.75) is 47.1 Å². The number of carbonyl (C=O) groups is 1. The zero-order chi connectivity index (χ0) is 14.8. The van der Waals surface area contributed by atoms with Crippen molar-refractivity contribution in [1.82, 2.24) is 5.32 Å². The van der Waals surface area contributed by atoms with E-state index in [1.165, 1.54) is 22.3 Å². The number of hydrogen-bond donors (Lipinski definition) is 2. The first kappa shape index (κ1) is 15.7. The number of rotatable bonds is 5. The lowest BCUT2D eigenvalue weighted by atomic mass is 9.76. The van der Waals surface area contributed by atoms with E-state index in [0.29, 0.717) is 0 Å². The van der Waals surface area contributed by atoms with Crippen LogP contribution in [0.2, 0.25) is 0 Å². The molecule has 1 aromatic carbocycles. The van der Waals surface area contributed by atoms with E-state index in [4.69, 9.17) is 5.11 Å². The summed E-state index contributed by atoms with van der Waals surface area (Å²) in [5.74, 6) is -0.758. The molecule has 3 nitrogen and oxygen atoms in total. The molecule has 0 aliphatic rings. The lowest BCUT2D eigenvalue weighted by Gasteiger charge is -2.34. The summed E-state index contributed by atoms with van der Waals surface area (Å²) in [6.07, 6.45) is 0.144. The summed E-state index contributed by atoms with van der Waals surface area (Å²) in [7, 11) is 1.89. The molecule has 106 valence electrons. The van der Waals surface area contributed by atoms with Gasteiger partial charge in [-0.3, -0.25) is 4.79 Å². The molecule has 0 bridgehead atoms. The van der Waals surface area contributed by atoms with Crippen molar-refractivity contribution in [2.24, 2.45) is 5.41 Å². The fraction of sp³-hybridized carbons (Fsp3) is 0.562.